The normalized spacial score (nSPS) is 12.5. The van der Waals surface area contributed by atoms with Gasteiger partial charge in [0.05, 0.1) is 6.61 Å². The highest BCUT2D eigenvalue weighted by Crippen LogP contribution is 2.17. The summed E-state index contributed by atoms with van der Waals surface area (Å²) in [6.45, 7) is 8.90. The monoisotopic (exact) mass is 237 g/mol. The van der Waals surface area contributed by atoms with E-state index in [1.807, 2.05) is 12.3 Å². The van der Waals surface area contributed by atoms with Crippen molar-refractivity contribution in [1.29, 1.82) is 0 Å². The molecule has 0 saturated carbocycles. The summed E-state index contributed by atoms with van der Waals surface area (Å²) in [5.74, 6) is 0.934. The first kappa shape index (κ1) is 13.9. The Hall–Kier alpha value is -1.13. The van der Waals surface area contributed by atoms with E-state index in [9.17, 15) is 0 Å². The number of hydrogen-bond acceptors (Lipinski definition) is 4. The summed E-state index contributed by atoms with van der Waals surface area (Å²) in [5, 5.41) is 12.4. The minimum atomic E-state index is 0.155. The van der Waals surface area contributed by atoms with Gasteiger partial charge < -0.3 is 15.3 Å². The lowest BCUT2D eigenvalue weighted by Gasteiger charge is -2.22. The molecule has 96 valence electrons. The summed E-state index contributed by atoms with van der Waals surface area (Å²) in [5.41, 5.74) is 1.23. The molecule has 0 radical (unpaired) electrons. The number of aliphatic hydroxyl groups is 1. The van der Waals surface area contributed by atoms with Crippen LogP contribution in [-0.4, -0.2) is 36.3 Å². The molecule has 2 N–H and O–H groups in total. The third-order valence-electron chi connectivity index (χ3n) is 2.86. The van der Waals surface area contributed by atoms with Crippen LogP contribution >= 0.6 is 0 Å². The van der Waals surface area contributed by atoms with Crippen LogP contribution in [0.2, 0.25) is 0 Å². The Balaban J connectivity index is 2.83. The van der Waals surface area contributed by atoms with Crippen LogP contribution in [0.25, 0.3) is 0 Å². The maximum absolute atomic E-state index is 9.01. The largest absolute Gasteiger partial charge is 0.395 e. The van der Waals surface area contributed by atoms with Gasteiger partial charge in [-0.2, -0.15) is 0 Å². The lowest BCUT2D eigenvalue weighted by atomic mass is 10.1. The number of aliphatic hydroxyl groups excluding tert-OH is 1. The molecule has 0 amide bonds. The molecule has 1 aromatic heterocycles. The number of anilines is 1. The zero-order chi connectivity index (χ0) is 12.7. The maximum atomic E-state index is 9.01. The van der Waals surface area contributed by atoms with Gasteiger partial charge in [-0.1, -0.05) is 6.92 Å². The Morgan fingerprint density at radius 3 is 2.82 bits per heavy atom. The summed E-state index contributed by atoms with van der Waals surface area (Å²) in [6.07, 6.45) is 1.83. The summed E-state index contributed by atoms with van der Waals surface area (Å²) >= 11 is 0. The molecule has 1 unspecified atom stereocenters. The molecule has 0 spiro atoms. The molecule has 0 bridgehead atoms. The van der Waals surface area contributed by atoms with Gasteiger partial charge in [0.2, 0.25) is 0 Å². The number of likely N-dealkylation sites (N-methyl/N-ethyl adjacent to an activating group) is 1. The first-order valence-electron chi connectivity index (χ1n) is 6.28. The van der Waals surface area contributed by atoms with E-state index < -0.39 is 0 Å². The summed E-state index contributed by atoms with van der Waals surface area (Å²) in [6, 6.07) is 4.45. The highest BCUT2D eigenvalue weighted by atomic mass is 16.3. The third kappa shape index (κ3) is 3.98. The Labute approximate surface area is 104 Å². The second-order valence-corrected chi connectivity index (χ2v) is 4.03. The van der Waals surface area contributed by atoms with Crippen LogP contribution in [0.4, 0.5) is 5.82 Å². The molecular formula is C13H23N3O. The number of nitrogens with one attached hydrogen (secondary N) is 1. The van der Waals surface area contributed by atoms with Crippen molar-refractivity contribution in [2.24, 2.45) is 0 Å². The van der Waals surface area contributed by atoms with Crippen LogP contribution in [-0.2, 0) is 0 Å². The van der Waals surface area contributed by atoms with E-state index >= 15 is 0 Å². The molecule has 0 saturated heterocycles. The van der Waals surface area contributed by atoms with Gasteiger partial charge in [0.15, 0.2) is 0 Å². The molecule has 1 atom stereocenters. The van der Waals surface area contributed by atoms with E-state index in [2.05, 4.69) is 42.0 Å². The molecule has 1 heterocycles. The second kappa shape index (κ2) is 7.25. The summed E-state index contributed by atoms with van der Waals surface area (Å²) in [7, 11) is 0. The van der Waals surface area contributed by atoms with E-state index in [1.165, 1.54) is 5.56 Å². The van der Waals surface area contributed by atoms with E-state index in [-0.39, 0.29) is 6.61 Å². The van der Waals surface area contributed by atoms with Gasteiger partial charge in [-0.05, 0) is 38.1 Å². The zero-order valence-corrected chi connectivity index (χ0v) is 11.0. The van der Waals surface area contributed by atoms with Crippen molar-refractivity contribution in [2.45, 2.75) is 26.8 Å². The van der Waals surface area contributed by atoms with Gasteiger partial charge in [0, 0.05) is 25.3 Å². The van der Waals surface area contributed by atoms with E-state index in [4.69, 9.17) is 5.11 Å². The molecule has 0 aliphatic heterocycles. The standard InChI is InChI=1S/C13H23N3O/c1-4-14-11(3)12-6-7-15-13(10-12)16(5-2)8-9-17/h6-7,10-11,14,17H,4-5,8-9H2,1-3H3. The highest BCUT2D eigenvalue weighted by Gasteiger charge is 2.08. The second-order valence-electron chi connectivity index (χ2n) is 4.03. The quantitative estimate of drug-likeness (QED) is 0.756. The summed E-state index contributed by atoms with van der Waals surface area (Å²) < 4.78 is 0. The van der Waals surface area contributed by atoms with Crippen LogP contribution in [0, 0.1) is 0 Å². The predicted octanol–water partition coefficient (Wildman–Crippen LogP) is 1.57. The summed E-state index contributed by atoms with van der Waals surface area (Å²) in [4.78, 5) is 6.43. The number of pyridine rings is 1. The highest BCUT2D eigenvalue weighted by molar-refractivity contribution is 5.41. The fourth-order valence-electron chi connectivity index (χ4n) is 1.86. The van der Waals surface area contributed by atoms with E-state index in [1.54, 1.807) is 0 Å². The molecule has 1 aromatic rings. The van der Waals surface area contributed by atoms with Gasteiger partial charge in [-0.15, -0.1) is 0 Å². The first-order valence-corrected chi connectivity index (χ1v) is 6.28. The van der Waals surface area contributed by atoms with E-state index in [0.717, 1.165) is 18.9 Å². The Kier molecular flexibility index (Phi) is 5.94. The van der Waals surface area contributed by atoms with Crippen molar-refractivity contribution in [3.05, 3.63) is 23.9 Å². The van der Waals surface area contributed by atoms with Gasteiger partial charge in [-0.3, -0.25) is 0 Å². The number of rotatable bonds is 7. The van der Waals surface area contributed by atoms with Crippen LogP contribution < -0.4 is 10.2 Å². The molecule has 0 aromatic carbocycles. The zero-order valence-electron chi connectivity index (χ0n) is 11.0. The average Bonchev–Trinajstić information content (AvgIpc) is 2.36. The van der Waals surface area contributed by atoms with Crippen LogP contribution in [0.5, 0.6) is 0 Å². The molecule has 17 heavy (non-hydrogen) atoms. The predicted molar refractivity (Wildman–Crippen MR) is 71.3 cm³/mol. The molecule has 0 fully saturated rings. The fraction of sp³-hybridized carbons (Fsp3) is 0.615. The maximum Gasteiger partial charge on any atom is 0.128 e. The number of aromatic nitrogens is 1. The smallest absolute Gasteiger partial charge is 0.128 e. The minimum absolute atomic E-state index is 0.155. The van der Waals surface area contributed by atoms with Crippen LogP contribution in [0.1, 0.15) is 32.4 Å². The molecule has 4 heteroatoms. The third-order valence-corrected chi connectivity index (χ3v) is 2.86. The van der Waals surface area contributed by atoms with Crippen molar-refractivity contribution >= 4 is 5.82 Å². The molecule has 0 aliphatic rings. The van der Waals surface area contributed by atoms with E-state index in [0.29, 0.717) is 12.6 Å². The molecule has 0 aliphatic carbocycles. The van der Waals surface area contributed by atoms with Gasteiger partial charge in [0.1, 0.15) is 5.82 Å². The van der Waals surface area contributed by atoms with Crippen molar-refractivity contribution in [2.75, 3.05) is 31.1 Å². The van der Waals surface area contributed by atoms with Gasteiger partial charge in [0.25, 0.3) is 0 Å². The van der Waals surface area contributed by atoms with Crippen molar-refractivity contribution in [1.82, 2.24) is 10.3 Å². The van der Waals surface area contributed by atoms with Crippen molar-refractivity contribution in [3.63, 3.8) is 0 Å². The lowest BCUT2D eigenvalue weighted by molar-refractivity contribution is 0.302. The Bertz CT molecular complexity index is 330. The number of nitrogens with zero attached hydrogens (tertiary/aromatic N) is 2. The first-order chi connectivity index (χ1) is 8.22. The van der Waals surface area contributed by atoms with Crippen molar-refractivity contribution in [3.8, 4) is 0 Å². The lowest BCUT2D eigenvalue weighted by Crippen LogP contribution is -2.27. The van der Waals surface area contributed by atoms with Gasteiger partial charge in [-0.25, -0.2) is 4.98 Å². The molecule has 1 rings (SSSR count). The van der Waals surface area contributed by atoms with Gasteiger partial charge >= 0.3 is 0 Å². The minimum Gasteiger partial charge on any atom is -0.395 e. The molecular weight excluding hydrogens is 214 g/mol. The van der Waals surface area contributed by atoms with Crippen LogP contribution in [0.3, 0.4) is 0 Å². The topological polar surface area (TPSA) is 48.4 Å². The number of hydrogen-bond donors (Lipinski definition) is 2. The average molecular weight is 237 g/mol. The van der Waals surface area contributed by atoms with Crippen molar-refractivity contribution < 1.29 is 5.11 Å². The Morgan fingerprint density at radius 1 is 1.47 bits per heavy atom. The van der Waals surface area contributed by atoms with Crippen LogP contribution in [0.15, 0.2) is 18.3 Å². The fourth-order valence-corrected chi connectivity index (χ4v) is 1.86. The SMILES string of the molecule is CCNC(C)c1ccnc(N(CC)CCO)c1. The Morgan fingerprint density at radius 2 is 2.24 bits per heavy atom. The molecule has 4 nitrogen and oxygen atoms in total.